The molecule has 1 heterocycles. The molecule has 0 saturated carbocycles. The van der Waals surface area contributed by atoms with Gasteiger partial charge in [0.15, 0.2) is 0 Å². The van der Waals surface area contributed by atoms with Crippen molar-refractivity contribution in [3.8, 4) is 0 Å². The topological polar surface area (TPSA) is 44.4 Å². The smallest absolute Gasteiger partial charge is 0.221 e. The molecular weight excluding hydrogens is 214 g/mol. The van der Waals surface area contributed by atoms with Crippen molar-refractivity contribution in [3.63, 3.8) is 0 Å². The van der Waals surface area contributed by atoms with E-state index in [1.165, 1.54) is 13.0 Å². The van der Waals surface area contributed by atoms with Gasteiger partial charge in [0.1, 0.15) is 0 Å². The van der Waals surface area contributed by atoms with Gasteiger partial charge in [-0.1, -0.05) is 13.8 Å². The summed E-state index contributed by atoms with van der Waals surface area (Å²) in [6.45, 7) is 8.39. The molecule has 1 amide bonds. The highest BCUT2D eigenvalue weighted by molar-refractivity contribution is 5.76. The summed E-state index contributed by atoms with van der Waals surface area (Å²) in [4.78, 5) is 13.9. The highest BCUT2D eigenvalue weighted by atomic mass is 16.1. The van der Waals surface area contributed by atoms with E-state index in [0.29, 0.717) is 12.3 Å². The van der Waals surface area contributed by atoms with Crippen LogP contribution in [0.5, 0.6) is 0 Å². The van der Waals surface area contributed by atoms with Gasteiger partial charge in [-0.2, -0.15) is 0 Å². The van der Waals surface area contributed by atoms with Gasteiger partial charge in [0.05, 0.1) is 0 Å². The highest BCUT2D eigenvalue weighted by Crippen LogP contribution is 2.33. The van der Waals surface area contributed by atoms with Crippen molar-refractivity contribution in [2.45, 2.75) is 26.7 Å². The van der Waals surface area contributed by atoms with E-state index >= 15 is 0 Å². The van der Waals surface area contributed by atoms with E-state index in [-0.39, 0.29) is 11.3 Å². The van der Waals surface area contributed by atoms with Crippen molar-refractivity contribution in [3.05, 3.63) is 0 Å². The summed E-state index contributed by atoms with van der Waals surface area (Å²) >= 11 is 0. The third-order valence-electron chi connectivity index (χ3n) is 3.84. The molecule has 4 nitrogen and oxygen atoms in total. The van der Waals surface area contributed by atoms with Crippen LogP contribution in [-0.4, -0.2) is 51.1 Å². The number of nitrogens with zero attached hydrogens (tertiary/aromatic N) is 1. The molecule has 0 spiro atoms. The summed E-state index contributed by atoms with van der Waals surface area (Å²) < 4.78 is 0. The second kappa shape index (κ2) is 6.36. The molecule has 17 heavy (non-hydrogen) atoms. The molecule has 1 fully saturated rings. The fourth-order valence-electron chi connectivity index (χ4n) is 2.37. The average molecular weight is 241 g/mol. The minimum Gasteiger partial charge on any atom is -0.356 e. The van der Waals surface area contributed by atoms with Crippen LogP contribution < -0.4 is 10.6 Å². The largest absolute Gasteiger partial charge is 0.356 e. The molecule has 1 saturated heterocycles. The van der Waals surface area contributed by atoms with Crippen LogP contribution in [0, 0.1) is 11.3 Å². The zero-order chi connectivity index (χ0) is 12.9. The Labute approximate surface area is 105 Å². The van der Waals surface area contributed by atoms with Crippen molar-refractivity contribution in [1.82, 2.24) is 15.5 Å². The Hall–Kier alpha value is -0.610. The third-order valence-corrected chi connectivity index (χ3v) is 3.84. The zero-order valence-electron chi connectivity index (χ0n) is 11.7. The van der Waals surface area contributed by atoms with Crippen LogP contribution >= 0.6 is 0 Å². The Morgan fingerprint density at radius 3 is 2.71 bits per heavy atom. The standard InChI is InChI=1S/C13H27N3O/c1-13(2,11-6-8-16(4)9-11)10-15-12(17)5-7-14-3/h11,14H,5-10H2,1-4H3,(H,15,17). The van der Waals surface area contributed by atoms with Crippen molar-refractivity contribution < 1.29 is 4.79 Å². The number of hydrogen-bond donors (Lipinski definition) is 2. The van der Waals surface area contributed by atoms with Gasteiger partial charge in [0.25, 0.3) is 0 Å². The molecule has 100 valence electrons. The number of carbonyl (C=O) groups is 1. The van der Waals surface area contributed by atoms with E-state index in [9.17, 15) is 4.79 Å². The van der Waals surface area contributed by atoms with Gasteiger partial charge >= 0.3 is 0 Å². The Morgan fingerprint density at radius 2 is 2.18 bits per heavy atom. The highest BCUT2D eigenvalue weighted by Gasteiger charge is 2.33. The van der Waals surface area contributed by atoms with E-state index in [1.807, 2.05) is 7.05 Å². The Morgan fingerprint density at radius 1 is 1.47 bits per heavy atom. The van der Waals surface area contributed by atoms with Crippen LogP contribution in [0.2, 0.25) is 0 Å². The van der Waals surface area contributed by atoms with E-state index in [2.05, 4.69) is 36.4 Å². The number of likely N-dealkylation sites (tertiary alicyclic amines) is 1. The molecule has 4 heteroatoms. The quantitative estimate of drug-likeness (QED) is 0.719. The Kier molecular flexibility index (Phi) is 5.40. The van der Waals surface area contributed by atoms with Crippen molar-refractivity contribution in [2.75, 3.05) is 40.3 Å². The summed E-state index contributed by atoms with van der Waals surface area (Å²) in [6, 6.07) is 0. The van der Waals surface area contributed by atoms with Gasteiger partial charge in [0.2, 0.25) is 5.91 Å². The van der Waals surface area contributed by atoms with Gasteiger partial charge in [-0.05, 0) is 38.4 Å². The molecule has 0 radical (unpaired) electrons. The Bertz CT molecular complexity index is 253. The lowest BCUT2D eigenvalue weighted by molar-refractivity contribution is -0.121. The number of carbonyl (C=O) groups excluding carboxylic acids is 1. The van der Waals surface area contributed by atoms with Crippen molar-refractivity contribution in [2.24, 2.45) is 11.3 Å². The lowest BCUT2D eigenvalue weighted by atomic mass is 9.78. The maximum absolute atomic E-state index is 11.6. The van der Waals surface area contributed by atoms with Gasteiger partial charge in [-0.15, -0.1) is 0 Å². The van der Waals surface area contributed by atoms with Crippen LogP contribution in [0.4, 0.5) is 0 Å². The molecule has 0 aliphatic carbocycles. The first-order chi connectivity index (χ1) is 7.95. The number of nitrogens with one attached hydrogen (secondary N) is 2. The number of amides is 1. The predicted octanol–water partition coefficient (Wildman–Crippen LogP) is 0.690. The molecular formula is C13H27N3O. The SMILES string of the molecule is CNCCC(=O)NCC(C)(C)C1CCN(C)C1. The first-order valence-corrected chi connectivity index (χ1v) is 6.55. The molecule has 1 unspecified atom stereocenters. The lowest BCUT2D eigenvalue weighted by Crippen LogP contribution is -2.40. The maximum atomic E-state index is 11.6. The minimum atomic E-state index is 0.152. The monoisotopic (exact) mass is 241 g/mol. The molecule has 0 aromatic carbocycles. The maximum Gasteiger partial charge on any atom is 0.221 e. The minimum absolute atomic E-state index is 0.152. The van der Waals surface area contributed by atoms with Crippen LogP contribution in [0.1, 0.15) is 26.7 Å². The molecule has 0 aromatic heterocycles. The van der Waals surface area contributed by atoms with E-state index in [4.69, 9.17) is 0 Å². The average Bonchev–Trinajstić information content (AvgIpc) is 2.71. The normalized spacial score (nSPS) is 21.8. The molecule has 2 N–H and O–H groups in total. The Balaban J connectivity index is 2.31. The van der Waals surface area contributed by atoms with Gasteiger partial charge < -0.3 is 15.5 Å². The lowest BCUT2D eigenvalue weighted by Gasteiger charge is -2.31. The van der Waals surface area contributed by atoms with E-state index in [0.717, 1.165) is 19.6 Å². The first kappa shape index (κ1) is 14.5. The molecule has 1 rings (SSSR count). The fraction of sp³-hybridized carbons (Fsp3) is 0.923. The van der Waals surface area contributed by atoms with Crippen LogP contribution in [0.3, 0.4) is 0 Å². The third kappa shape index (κ3) is 4.64. The van der Waals surface area contributed by atoms with Gasteiger partial charge in [-0.3, -0.25) is 4.79 Å². The molecule has 1 aliphatic rings. The van der Waals surface area contributed by atoms with Crippen molar-refractivity contribution >= 4 is 5.91 Å². The second-order valence-electron chi connectivity index (χ2n) is 5.87. The summed E-state index contributed by atoms with van der Waals surface area (Å²) in [5.74, 6) is 0.843. The molecule has 1 atom stereocenters. The summed E-state index contributed by atoms with van der Waals surface area (Å²) in [7, 11) is 4.03. The van der Waals surface area contributed by atoms with Gasteiger partial charge in [0, 0.05) is 26.1 Å². The summed E-state index contributed by atoms with van der Waals surface area (Å²) in [5.41, 5.74) is 0.195. The predicted molar refractivity (Wildman–Crippen MR) is 70.9 cm³/mol. The van der Waals surface area contributed by atoms with Crippen LogP contribution in [0.25, 0.3) is 0 Å². The zero-order valence-corrected chi connectivity index (χ0v) is 11.7. The molecule has 0 bridgehead atoms. The number of hydrogen-bond acceptors (Lipinski definition) is 3. The summed E-state index contributed by atoms with van der Waals surface area (Å²) in [6.07, 6.45) is 1.81. The fourth-order valence-corrected chi connectivity index (χ4v) is 2.37. The molecule has 0 aromatic rings. The van der Waals surface area contributed by atoms with Crippen LogP contribution in [0.15, 0.2) is 0 Å². The van der Waals surface area contributed by atoms with Crippen molar-refractivity contribution in [1.29, 1.82) is 0 Å². The molecule has 1 aliphatic heterocycles. The van der Waals surface area contributed by atoms with E-state index < -0.39 is 0 Å². The number of rotatable bonds is 6. The first-order valence-electron chi connectivity index (χ1n) is 6.55. The second-order valence-corrected chi connectivity index (χ2v) is 5.87. The van der Waals surface area contributed by atoms with Crippen LogP contribution in [-0.2, 0) is 4.79 Å². The van der Waals surface area contributed by atoms with Gasteiger partial charge in [-0.25, -0.2) is 0 Å². The summed E-state index contributed by atoms with van der Waals surface area (Å²) in [5, 5.41) is 6.04. The van der Waals surface area contributed by atoms with E-state index in [1.54, 1.807) is 0 Å².